The second-order valence-electron chi connectivity index (χ2n) is 4.34. The first kappa shape index (κ1) is 9.71. The highest BCUT2D eigenvalue weighted by molar-refractivity contribution is 5.10. The highest BCUT2D eigenvalue weighted by atomic mass is 15.3. The van der Waals surface area contributed by atoms with Crippen molar-refractivity contribution in [2.24, 2.45) is 0 Å². The molecule has 0 amide bonds. The van der Waals surface area contributed by atoms with E-state index in [4.69, 9.17) is 0 Å². The van der Waals surface area contributed by atoms with Crippen LogP contribution in [0.15, 0.2) is 12.3 Å². The molecule has 1 saturated heterocycles. The van der Waals surface area contributed by atoms with Gasteiger partial charge in [-0.2, -0.15) is 5.10 Å². The van der Waals surface area contributed by atoms with Crippen molar-refractivity contribution in [2.45, 2.75) is 38.6 Å². The Balaban J connectivity index is 2.17. The van der Waals surface area contributed by atoms with Gasteiger partial charge in [0.25, 0.3) is 0 Å². The Morgan fingerprint density at radius 3 is 3.07 bits per heavy atom. The molecule has 0 radical (unpaired) electrons. The van der Waals surface area contributed by atoms with Crippen LogP contribution in [0.25, 0.3) is 0 Å². The second-order valence-corrected chi connectivity index (χ2v) is 4.34. The molecule has 0 aromatic carbocycles. The summed E-state index contributed by atoms with van der Waals surface area (Å²) < 4.78 is 2.15. The van der Waals surface area contributed by atoms with Crippen LogP contribution in [0.1, 0.15) is 44.3 Å². The van der Waals surface area contributed by atoms with Gasteiger partial charge in [-0.3, -0.25) is 4.68 Å². The lowest BCUT2D eigenvalue weighted by molar-refractivity contribution is 0.415. The molecule has 1 fully saturated rings. The normalized spacial score (nSPS) is 22.9. The minimum absolute atomic E-state index is 0.474. The standard InChI is InChI=1S/C11H19N3/c1-9(2)14-11(5-7-13-14)10-4-3-6-12-8-10/h5,7,9-10,12H,3-4,6,8H2,1-2H3. The molecular weight excluding hydrogens is 174 g/mol. The highest BCUT2D eigenvalue weighted by Crippen LogP contribution is 2.24. The zero-order valence-corrected chi connectivity index (χ0v) is 9.03. The molecule has 1 atom stereocenters. The quantitative estimate of drug-likeness (QED) is 0.777. The van der Waals surface area contributed by atoms with Crippen LogP contribution in [0, 0.1) is 0 Å². The van der Waals surface area contributed by atoms with Crippen LogP contribution in [0.3, 0.4) is 0 Å². The van der Waals surface area contributed by atoms with E-state index in [1.165, 1.54) is 25.1 Å². The smallest absolute Gasteiger partial charge is 0.0492 e. The number of rotatable bonds is 2. The predicted octanol–water partition coefficient (Wildman–Crippen LogP) is 1.93. The van der Waals surface area contributed by atoms with Crippen molar-refractivity contribution in [2.75, 3.05) is 13.1 Å². The summed E-state index contributed by atoms with van der Waals surface area (Å²) in [5.74, 6) is 0.661. The molecule has 1 aromatic heterocycles. The SMILES string of the molecule is CC(C)n1nccc1C1CCCNC1. The van der Waals surface area contributed by atoms with Gasteiger partial charge in [0, 0.05) is 30.4 Å². The van der Waals surface area contributed by atoms with Gasteiger partial charge in [0.2, 0.25) is 0 Å². The molecule has 0 spiro atoms. The number of nitrogens with zero attached hydrogens (tertiary/aromatic N) is 2. The number of aromatic nitrogens is 2. The molecule has 14 heavy (non-hydrogen) atoms. The summed E-state index contributed by atoms with van der Waals surface area (Å²) in [4.78, 5) is 0. The lowest BCUT2D eigenvalue weighted by Crippen LogP contribution is -2.30. The molecule has 0 bridgehead atoms. The summed E-state index contributed by atoms with van der Waals surface area (Å²) in [5, 5.41) is 7.83. The maximum Gasteiger partial charge on any atom is 0.0492 e. The molecule has 2 rings (SSSR count). The zero-order valence-electron chi connectivity index (χ0n) is 9.03. The van der Waals surface area contributed by atoms with E-state index < -0.39 is 0 Å². The first-order valence-electron chi connectivity index (χ1n) is 5.53. The topological polar surface area (TPSA) is 29.9 Å². The van der Waals surface area contributed by atoms with Crippen molar-refractivity contribution in [1.29, 1.82) is 0 Å². The maximum absolute atomic E-state index is 4.38. The lowest BCUT2D eigenvalue weighted by Gasteiger charge is -2.24. The summed E-state index contributed by atoms with van der Waals surface area (Å²) in [6.45, 7) is 6.66. The Hall–Kier alpha value is -0.830. The molecular formula is C11H19N3. The van der Waals surface area contributed by atoms with E-state index in [2.05, 4.69) is 35.0 Å². The summed E-state index contributed by atoms with van der Waals surface area (Å²) >= 11 is 0. The number of nitrogens with one attached hydrogen (secondary N) is 1. The number of piperidine rings is 1. The Bertz CT molecular complexity index is 284. The molecule has 1 unspecified atom stereocenters. The Kier molecular flexibility index (Phi) is 2.87. The van der Waals surface area contributed by atoms with Gasteiger partial charge in [-0.05, 0) is 39.3 Å². The average molecular weight is 193 g/mol. The molecule has 3 heteroatoms. The fourth-order valence-corrected chi connectivity index (χ4v) is 2.18. The Morgan fingerprint density at radius 1 is 1.57 bits per heavy atom. The molecule has 1 aromatic rings. The van der Waals surface area contributed by atoms with E-state index in [9.17, 15) is 0 Å². The molecule has 1 N–H and O–H groups in total. The second kappa shape index (κ2) is 4.13. The van der Waals surface area contributed by atoms with Crippen molar-refractivity contribution in [3.63, 3.8) is 0 Å². The van der Waals surface area contributed by atoms with Crippen LogP contribution in [0.4, 0.5) is 0 Å². The summed E-state index contributed by atoms with van der Waals surface area (Å²) in [6, 6.07) is 2.64. The maximum atomic E-state index is 4.38. The Morgan fingerprint density at radius 2 is 2.43 bits per heavy atom. The monoisotopic (exact) mass is 193 g/mol. The van der Waals surface area contributed by atoms with Crippen LogP contribution >= 0.6 is 0 Å². The molecule has 3 nitrogen and oxygen atoms in total. The first-order chi connectivity index (χ1) is 6.79. The van der Waals surface area contributed by atoms with Gasteiger partial charge in [-0.25, -0.2) is 0 Å². The van der Waals surface area contributed by atoms with Crippen molar-refractivity contribution in [3.8, 4) is 0 Å². The zero-order chi connectivity index (χ0) is 9.97. The molecule has 0 saturated carbocycles. The third-order valence-corrected chi connectivity index (χ3v) is 2.91. The molecule has 2 heterocycles. The first-order valence-corrected chi connectivity index (χ1v) is 5.53. The fourth-order valence-electron chi connectivity index (χ4n) is 2.18. The van der Waals surface area contributed by atoms with Gasteiger partial charge in [-0.1, -0.05) is 0 Å². The van der Waals surface area contributed by atoms with E-state index in [1.807, 2.05) is 6.20 Å². The van der Waals surface area contributed by atoms with Crippen molar-refractivity contribution >= 4 is 0 Å². The third-order valence-electron chi connectivity index (χ3n) is 2.91. The molecule has 1 aliphatic rings. The summed E-state index contributed by atoms with van der Waals surface area (Å²) in [5.41, 5.74) is 1.40. The lowest BCUT2D eigenvalue weighted by atomic mass is 9.96. The van der Waals surface area contributed by atoms with E-state index in [0.717, 1.165) is 6.54 Å². The van der Waals surface area contributed by atoms with Crippen molar-refractivity contribution in [1.82, 2.24) is 15.1 Å². The van der Waals surface area contributed by atoms with Gasteiger partial charge >= 0.3 is 0 Å². The van der Waals surface area contributed by atoms with Crippen LogP contribution in [-0.4, -0.2) is 22.9 Å². The molecule has 1 aliphatic heterocycles. The minimum atomic E-state index is 0.474. The van der Waals surface area contributed by atoms with E-state index >= 15 is 0 Å². The number of hydrogen-bond acceptors (Lipinski definition) is 2. The largest absolute Gasteiger partial charge is 0.316 e. The van der Waals surface area contributed by atoms with E-state index in [1.54, 1.807) is 0 Å². The summed E-state index contributed by atoms with van der Waals surface area (Å²) in [6.07, 6.45) is 4.50. The Labute approximate surface area is 85.5 Å². The summed E-state index contributed by atoms with van der Waals surface area (Å²) in [7, 11) is 0. The van der Waals surface area contributed by atoms with Gasteiger partial charge in [0.1, 0.15) is 0 Å². The highest BCUT2D eigenvalue weighted by Gasteiger charge is 2.19. The van der Waals surface area contributed by atoms with Crippen LogP contribution in [-0.2, 0) is 0 Å². The molecule has 0 aliphatic carbocycles. The van der Waals surface area contributed by atoms with Gasteiger partial charge < -0.3 is 5.32 Å². The van der Waals surface area contributed by atoms with Crippen LogP contribution < -0.4 is 5.32 Å². The fraction of sp³-hybridized carbons (Fsp3) is 0.727. The molecule has 78 valence electrons. The van der Waals surface area contributed by atoms with E-state index in [0.29, 0.717) is 12.0 Å². The number of hydrogen-bond donors (Lipinski definition) is 1. The minimum Gasteiger partial charge on any atom is -0.316 e. The van der Waals surface area contributed by atoms with Crippen LogP contribution in [0.2, 0.25) is 0 Å². The van der Waals surface area contributed by atoms with Crippen molar-refractivity contribution in [3.05, 3.63) is 18.0 Å². The van der Waals surface area contributed by atoms with Gasteiger partial charge in [0.15, 0.2) is 0 Å². The average Bonchev–Trinajstić information content (AvgIpc) is 2.67. The van der Waals surface area contributed by atoms with Crippen LogP contribution in [0.5, 0.6) is 0 Å². The third kappa shape index (κ3) is 1.82. The predicted molar refractivity (Wildman–Crippen MR) is 57.5 cm³/mol. The van der Waals surface area contributed by atoms with Gasteiger partial charge in [-0.15, -0.1) is 0 Å². The van der Waals surface area contributed by atoms with Crippen molar-refractivity contribution < 1.29 is 0 Å². The van der Waals surface area contributed by atoms with E-state index in [-0.39, 0.29) is 0 Å². The van der Waals surface area contributed by atoms with Gasteiger partial charge in [0.05, 0.1) is 0 Å².